The van der Waals surface area contributed by atoms with Crippen LogP contribution in [0.15, 0.2) is 53.3 Å². The maximum absolute atomic E-state index is 13.9. The molecule has 2 aromatic heterocycles. The average Bonchev–Trinajstić information content (AvgIpc) is 3.14. The van der Waals surface area contributed by atoms with Crippen LogP contribution < -0.4 is 5.56 Å². The van der Waals surface area contributed by atoms with E-state index < -0.39 is 11.9 Å². The summed E-state index contributed by atoms with van der Waals surface area (Å²) in [5, 5.41) is 15.8. The van der Waals surface area contributed by atoms with Gasteiger partial charge < -0.3 is 5.11 Å². The number of aliphatic carboxylic acids is 1. The second-order valence-electron chi connectivity index (χ2n) is 8.02. The Labute approximate surface area is 180 Å². The molecule has 31 heavy (non-hydrogen) atoms. The monoisotopic (exact) mass is 417 g/mol. The smallest absolute Gasteiger partial charge is 0.311 e. The van der Waals surface area contributed by atoms with Gasteiger partial charge in [0, 0.05) is 17.5 Å². The van der Waals surface area contributed by atoms with E-state index in [1.165, 1.54) is 0 Å². The van der Waals surface area contributed by atoms with Crippen LogP contribution in [-0.2, 0) is 11.3 Å². The molecule has 4 aromatic rings. The Bertz CT molecular complexity index is 1320. The van der Waals surface area contributed by atoms with E-state index in [1.54, 1.807) is 9.08 Å². The van der Waals surface area contributed by atoms with Crippen LogP contribution in [0.2, 0.25) is 0 Å². The van der Waals surface area contributed by atoms with Gasteiger partial charge in [0.1, 0.15) is 5.65 Å². The quantitative estimate of drug-likeness (QED) is 0.459. The van der Waals surface area contributed by atoms with E-state index in [-0.39, 0.29) is 5.56 Å². The van der Waals surface area contributed by atoms with E-state index in [2.05, 4.69) is 0 Å². The molecule has 0 aliphatic rings. The van der Waals surface area contributed by atoms with Gasteiger partial charge >= 0.3 is 5.97 Å². The summed E-state index contributed by atoms with van der Waals surface area (Å²) in [5.74, 6) is -1.87. The van der Waals surface area contributed by atoms with Gasteiger partial charge in [-0.05, 0) is 31.9 Å². The van der Waals surface area contributed by atoms with Gasteiger partial charge in [-0.2, -0.15) is 5.10 Å². The number of aromatic nitrogens is 3. The fourth-order valence-corrected chi connectivity index (χ4v) is 4.31. The van der Waals surface area contributed by atoms with Crippen molar-refractivity contribution in [1.29, 1.82) is 0 Å². The molecule has 0 spiro atoms. The summed E-state index contributed by atoms with van der Waals surface area (Å²) in [6.07, 6.45) is 1.81. The molecule has 4 rings (SSSR count). The summed E-state index contributed by atoms with van der Waals surface area (Å²) in [4.78, 5) is 26.1. The van der Waals surface area contributed by atoms with Gasteiger partial charge in [0.05, 0.1) is 22.7 Å². The van der Waals surface area contributed by atoms with E-state index in [1.807, 2.05) is 69.3 Å². The fraction of sp³-hybridized carbons (Fsp3) is 0.320. The molecule has 6 heteroatoms. The number of aryl methyl sites for hydroxylation is 2. The minimum atomic E-state index is -0.980. The summed E-state index contributed by atoms with van der Waals surface area (Å²) in [5.41, 5.74) is 4.02. The third-order valence-corrected chi connectivity index (χ3v) is 5.75. The van der Waals surface area contributed by atoms with E-state index in [0.717, 1.165) is 28.5 Å². The lowest BCUT2D eigenvalue weighted by molar-refractivity contribution is -0.139. The normalized spacial score (nSPS) is 12.5. The second kappa shape index (κ2) is 8.38. The Balaban J connectivity index is 2.23. The van der Waals surface area contributed by atoms with Crippen molar-refractivity contribution in [3.63, 3.8) is 0 Å². The molecule has 6 nitrogen and oxygen atoms in total. The predicted molar refractivity (Wildman–Crippen MR) is 123 cm³/mol. The molecular formula is C25H27N3O3. The van der Waals surface area contributed by atoms with E-state index in [0.29, 0.717) is 36.3 Å². The zero-order chi connectivity index (χ0) is 22.1. The van der Waals surface area contributed by atoms with Crippen molar-refractivity contribution in [1.82, 2.24) is 14.2 Å². The number of carboxylic acids is 1. The first-order valence-electron chi connectivity index (χ1n) is 10.8. The summed E-state index contributed by atoms with van der Waals surface area (Å²) >= 11 is 0. The minimum absolute atomic E-state index is 0.239. The van der Waals surface area contributed by atoms with Crippen molar-refractivity contribution in [3.05, 3.63) is 70.0 Å². The lowest BCUT2D eigenvalue weighted by Crippen LogP contribution is -2.31. The summed E-state index contributed by atoms with van der Waals surface area (Å²) in [6, 6.07) is 15.6. The van der Waals surface area contributed by atoms with Gasteiger partial charge in [-0.3, -0.25) is 14.2 Å². The van der Waals surface area contributed by atoms with Crippen LogP contribution in [0, 0.1) is 6.92 Å². The first kappa shape index (κ1) is 20.8. The number of nitrogens with zero attached hydrogens (tertiary/aromatic N) is 3. The number of hydrogen-bond donors (Lipinski definition) is 1. The third kappa shape index (κ3) is 3.52. The number of carbonyl (C=O) groups is 1. The molecule has 1 unspecified atom stereocenters. The van der Waals surface area contributed by atoms with Crippen LogP contribution in [0.3, 0.4) is 0 Å². The number of fused-ring (bicyclic) bond motifs is 3. The Morgan fingerprint density at radius 1 is 1.06 bits per heavy atom. The fourth-order valence-electron chi connectivity index (χ4n) is 4.31. The van der Waals surface area contributed by atoms with Gasteiger partial charge in [-0.1, -0.05) is 62.2 Å². The molecule has 1 atom stereocenters. The molecular weight excluding hydrogens is 390 g/mol. The van der Waals surface area contributed by atoms with Crippen LogP contribution in [0.25, 0.3) is 27.8 Å². The lowest BCUT2D eigenvalue weighted by atomic mass is 9.91. The summed E-state index contributed by atoms with van der Waals surface area (Å²) in [6.45, 7) is 6.44. The number of rotatable bonds is 7. The van der Waals surface area contributed by atoms with Gasteiger partial charge in [0.15, 0.2) is 0 Å². The molecule has 0 bridgehead atoms. The largest absolute Gasteiger partial charge is 0.481 e. The topological polar surface area (TPSA) is 76.6 Å². The molecule has 0 saturated heterocycles. The summed E-state index contributed by atoms with van der Waals surface area (Å²) in [7, 11) is 0. The van der Waals surface area contributed by atoms with E-state index in [9.17, 15) is 14.7 Å². The minimum Gasteiger partial charge on any atom is -0.481 e. The molecule has 0 aliphatic heterocycles. The molecule has 0 aliphatic carbocycles. The molecule has 1 N–H and O–H groups in total. The maximum atomic E-state index is 13.9. The molecule has 0 amide bonds. The van der Waals surface area contributed by atoms with E-state index in [4.69, 9.17) is 5.10 Å². The first-order valence-corrected chi connectivity index (χ1v) is 10.8. The van der Waals surface area contributed by atoms with Crippen molar-refractivity contribution in [3.8, 4) is 11.3 Å². The highest BCUT2D eigenvalue weighted by Crippen LogP contribution is 2.33. The predicted octanol–water partition coefficient (Wildman–Crippen LogP) is 5.00. The van der Waals surface area contributed by atoms with Crippen molar-refractivity contribution >= 4 is 22.5 Å². The number of benzene rings is 2. The number of carboxylic acid groups (broad SMARTS) is 1. The highest BCUT2D eigenvalue weighted by Gasteiger charge is 2.30. The van der Waals surface area contributed by atoms with Crippen molar-refractivity contribution < 1.29 is 9.90 Å². The Morgan fingerprint density at radius 2 is 1.77 bits per heavy atom. The SMILES string of the molecule is CCCC(C(=O)O)c1c(-c2ccc(C)cc2)n2nc3ccccc3c2n(CCC)c1=O. The van der Waals surface area contributed by atoms with Crippen molar-refractivity contribution in [2.24, 2.45) is 0 Å². The van der Waals surface area contributed by atoms with Gasteiger partial charge in [0.25, 0.3) is 5.56 Å². The Morgan fingerprint density at radius 3 is 2.42 bits per heavy atom. The van der Waals surface area contributed by atoms with Crippen molar-refractivity contribution in [2.75, 3.05) is 0 Å². The Kier molecular flexibility index (Phi) is 5.63. The lowest BCUT2D eigenvalue weighted by Gasteiger charge is -2.20. The molecule has 0 saturated carbocycles. The molecule has 160 valence electrons. The average molecular weight is 418 g/mol. The first-order chi connectivity index (χ1) is 15.0. The van der Waals surface area contributed by atoms with Crippen LogP contribution in [0.1, 0.15) is 50.2 Å². The molecule has 2 heterocycles. The molecule has 0 fully saturated rings. The van der Waals surface area contributed by atoms with Crippen LogP contribution in [-0.4, -0.2) is 25.3 Å². The number of hydrogen-bond acceptors (Lipinski definition) is 3. The zero-order valence-corrected chi connectivity index (χ0v) is 18.1. The van der Waals surface area contributed by atoms with Gasteiger partial charge in [-0.15, -0.1) is 0 Å². The highest BCUT2D eigenvalue weighted by molar-refractivity contribution is 5.94. The van der Waals surface area contributed by atoms with Crippen LogP contribution in [0.4, 0.5) is 0 Å². The standard InChI is InChI=1S/C25H27N3O3/c1-4-8-19(25(30)31)21-22(17-13-11-16(3)12-14-17)28-23(27(15-5-2)24(21)29)18-9-6-7-10-20(18)26-28/h6-7,9-14,19H,4-5,8,15H2,1-3H3,(H,30,31). The van der Waals surface area contributed by atoms with Gasteiger partial charge in [0.2, 0.25) is 0 Å². The molecule has 2 aromatic carbocycles. The molecule has 0 radical (unpaired) electrons. The second-order valence-corrected chi connectivity index (χ2v) is 8.02. The van der Waals surface area contributed by atoms with Crippen molar-refractivity contribution in [2.45, 2.75) is 52.5 Å². The third-order valence-electron chi connectivity index (χ3n) is 5.75. The van der Waals surface area contributed by atoms with Crippen LogP contribution in [0.5, 0.6) is 0 Å². The summed E-state index contributed by atoms with van der Waals surface area (Å²) < 4.78 is 3.49. The van der Waals surface area contributed by atoms with Gasteiger partial charge in [-0.25, -0.2) is 4.52 Å². The van der Waals surface area contributed by atoms with E-state index >= 15 is 0 Å². The maximum Gasteiger partial charge on any atom is 0.311 e. The van der Waals surface area contributed by atoms with Crippen LogP contribution >= 0.6 is 0 Å². The zero-order valence-electron chi connectivity index (χ0n) is 18.1. The Hall–Kier alpha value is -3.41. The highest BCUT2D eigenvalue weighted by atomic mass is 16.4.